The van der Waals surface area contributed by atoms with Crippen LogP contribution in [0.1, 0.15) is 56.0 Å². The Kier molecular flexibility index (Phi) is 5.42. The number of amides is 1. The molecule has 1 aliphatic carbocycles. The van der Waals surface area contributed by atoms with E-state index in [1.807, 2.05) is 11.0 Å². The van der Waals surface area contributed by atoms with Crippen LogP contribution in [0.4, 0.5) is 23.4 Å². The molecule has 0 saturated carbocycles. The van der Waals surface area contributed by atoms with Gasteiger partial charge in [-0.25, -0.2) is 15.0 Å². The van der Waals surface area contributed by atoms with Gasteiger partial charge in [-0.2, -0.15) is 10.1 Å². The van der Waals surface area contributed by atoms with E-state index in [-0.39, 0.29) is 11.9 Å². The van der Waals surface area contributed by atoms with Gasteiger partial charge in [0, 0.05) is 30.1 Å². The summed E-state index contributed by atoms with van der Waals surface area (Å²) in [5.41, 5.74) is 3.27. The molecule has 10 heteroatoms. The predicted octanol–water partition coefficient (Wildman–Crippen LogP) is 2.95. The van der Waals surface area contributed by atoms with Crippen molar-refractivity contribution < 1.29 is 4.79 Å². The van der Waals surface area contributed by atoms with Crippen LogP contribution in [0.25, 0.3) is 0 Å². The number of aromatic nitrogens is 6. The number of nitrogens with one attached hydrogen (secondary N) is 3. The molecule has 32 heavy (non-hydrogen) atoms. The van der Waals surface area contributed by atoms with Crippen LogP contribution in [0.5, 0.6) is 0 Å². The molecule has 1 aliphatic heterocycles. The van der Waals surface area contributed by atoms with Gasteiger partial charge in [-0.1, -0.05) is 13.8 Å². The maximum Gasteiger partial charge on any atom is 0.248 e. The third-order valence-corrected chi connectivity index (χ3v) is 6.03. The summed E-state index contributed by atoms with van der Waals surface area (Å²) >= 11 is 0. The zero-order chi connectivity index (χ0) is 22.1. The Labute approximate surface area is 186 Å². The first-order valence-corrected chi connectivity index (χ1v) is 11.1. The second-order valence-electron chi connectivity index (χ2n) is 8.57. The number of carbonyl (C=O) groups is 1. The van der Waals surface area contributed by atoms with E-state index in [9.17, 15) is 4.79 Å². The molecule has 4 heterocycles. The maximum atomic E-state index is 13.0. The number of rotatable bonds is 6. The largest absolute Gasteiger partial charge is 0.329 e. The molecule has 5 rings (SSSR count). The molecule has 2 aliphatic rings. The van der Waals surface area contributed by atoms with Crippen molar-refractivity contribution in [2.24, 2.45) is 0 Å². The minimum Gasteiger partial charge on any atom is -0.329 e. The van der Waals surface area contributed by atoms with Crippen molar-refractivity contribution in [1.82, 2.24) is 30.1 Å². The zero-order valence-corrected chi connectivity index (χ0v) is 18.3. The van der Waals surface area contributed by atoms with Gasteiger partial charge in [0.05, 0.1) is 5.69 Å². The molecule has 3 aromatic heterocycles. The number of H-pyrrole nitrogens is 1. The molecular formula is C22H27N9O. The predicted molar refractivity (Wildman–Crippen MR) is 121 cm³/mol. The minimum absolute atomic E-state index is 0.103. The summed E-state index contributed by atoms with van der Waals surface area (Å²) < 4.78 is 0. The standard InChI is InChI=1S/C22H27N9O/c1-13(2)16-11-19(30-29-16)26-20-14-5-3-6-15(14)25-22(28-20)31-10-4-7-17(31)21(32)27-18-8-9-23-12-24-18/h8-9,11-13,17H,3-7,10H2,1-2H3,(H,23,24,27,32)(H2,25,26,28,29,30)/t17-/m1/s1. The Morgan fingerprint density at radius 3 is 2.91 bits per heavy atom. The Morgan fingerprint density at radius 2 is 2.12 bits per heavy atom. The van der Waals surface area contributed by atoms with E-state index in [0.29, 0.717) is 17.7 Å². The normalized spacial score (nSPS) is 17.6. The molecule has 3 aromatic rings. The molecular weight excluding hydrogens is 406 g/mol. The van der Waals surface area contributed by atoms with E-state index in [0.717, 1.165) is 67.2 Å². The second kappa shape index (κ2) is 8.52. The van der Waals surface area contributed by atoms with Crippen LogP contribution < -0.4 is 15.5 Å². The topological polar surface area (TPSA) is 125 Å². The SMILES string of the molecule is CC(C)c1cc(Nc2nc(N3CCC[C@@H]3C(=O)Nc3ccncn3)nc3c2CCC3)n[nH]1. The summed E-state index contributed by atoms with van der Waals surface area (Å²) in [6.07, 6.45) is 7.59. The van der Waals surface area contributed by atoms with Gasteiger partial charge in [0.15, 0.2) is 5.82 Å². The lowest BCUT2D eigenvalue weighted by Crippen LogP contribution is -2.41. The Morgan fingerprint density at radius 1 is 1.22 bits per heavy atom. The third kappa shape index (κ3) is 4.00. The molecule has 1 fully saturated rings. The first kappa shape index (κ1) is 20.3. The smallest absolute Gasteiger partial charge is 0.248 e. The summed E-state index contributed by atoms with van der Waals surface area (Å²) in [4.78, 5) is 32.7. The van der Waals surface area contributed by atoms with Crippen LogP contribution in [-0.4, -0.2) is 48.6 Å². The van der Waals surface area contributed by atoms with Crippen molar-refractivity contribution >= 4 is 29.3 Å². The van der Waals surface area contributed by atoms with E-state index >= 15 is 0 Å². The lowest BCUT2D eigenvalue weighted by atomic mass is 10.1. The van der Waals surface area contributed by atoms with E-state index in [4.69, 9.17) is 9.97 Å². The van der Waals surface area contributed by atoms with Gasteiger partial charge < -0.3 is 15.5 Å². The van der Waals surface area contributed by atoms with Crippen molar-refractivity contribution in [1.29, 1.82) is 0 Å². The number of carbonyl (C=O) groups excluding carboxylic acids is 1. The first-order valence-electron chi connectivity index (χ1n) is 11.1. The van der Waals surface area contributed by atoms with E-state index in [1.54, 1.807) is 12.3 Å². The number of anilines is 4. The lowest BCUT2D eigenvalue weighted by molar-refractivity contribution is -0.117. The van der Waals surface area contributed by atoms with E-state index in [1.165, 1.54) is 6.33 Å². The average Bonchev–Trinajstić information content (AvgIpc) is 3.54. The van der Waals surface area contributed by atoms with Crippen molar-refractivity contribution in [3.63, 3.8) is 0 Å². The molecule has 10 nitrogen and oxygen atoms in total. The highest BCUT2D eigenvalue weighted by atomic mass is 16.2. The number of aromatic amines is 1. The van der Waals surface area contributed by atoms with Crippen molar-refractivity contribution in [2.45, 2.75) is 57.9 Å². The van der Waals surface area contributed by atoms with Gasteiger partial charge in [0.2, 0.25) is 11.9 Å². The maximum absolute atomic E-state index is 13.0. The van der Waals surface area contributed by atoms with Crippen molar-refractivity contribution in [2.75, 3.05) is 22.1 Å². The summed E-state index contributed by atoms with van der Waals surface area (Å²) in [7, 11) is 0. The van der Waals surface area contributed by atoms with E-state index < -0.39 is 0 Å². The molecule has 0 aromatic carbocycles. The Bertz CT molecular complexity index is 1110. The fourth-order valence-corrected chi connectivity index (χ4v) is 4.32. The minimum atomic E-state index is -0.338. The van der Waals surface area contributed by atoms with Crippen LogP contribution in [0.15, 0.2) is 24.7 Å². The van der Waals surface area contributed by atoms with Crippen LogP contribution in [0.3, 0.4) is 0 Å². The molecule has 1 saturated heterocycles. The molecule has 1 atom stereocenters. The number of hydrogen-bond acceptors (Lipinski definition) is 8. The fourth-order valence-electron chi connectivity index (χ4n) is 4.32. The van der Waals surface area contributed by atoms with E-state index in [2.05, 4.69) is 44.6 Å². The summed E-state index contributed by atoms with van der Waals surface area (Å²) in [6, 6.07) is 3.36. The Hall–Kier alpha value is -3.56. The number of aryl methyl sites for hydroxylation is 1. The van der Waals surface area contributed by atoms with Gasteiger partial charge in [0.25, 0.3) is 0 Å². The van der Waals surface area contributed by atoms with Crippen LogP contribution in [-0.2, 0) is 17.6 Å². The van der Waals surface area contributed by atoms with Gasteiger partial charge in [0.1, 0.15) is 24.0 Å². The van der Waals surface area contributed by atoms with Gasteiger partial charge in [-0.3, -0.25) is 9.89 Å². The molecule has 3 N–H and O–H groups in total. The van der Waals surface area contributed by atoms with Crippen molar-refractivity contribution in [3.05, 3.63) is 41.6 Å². The molecule has 0 radical (unpaired) electrons. The summed E-state index contributed by atoms with van der Waals surface area (Å²) in [5, 5.41) is 13.7. The lowest BCUT2D eigenvalue weighted by Gasteiger charge is -2.25. The van der Waals surface area contributed by atoms with Crippen molar-refractivity contribution in [3.8, 4) is 0 Å². The highest BCUT2D eigenvalue weighted by molar-refractivity contribution is 5.96. The third-order valence-electron chi connectivity index (χ3n) is 6.03. The molecule has 166 valence electrons. The fraction of sp³-hybridized carbons (Fsp3) is 0.455. The molecule has 0 spiro atoms. The molecule has 0 bridgehead atoms. The molecule has 1 amide bonds. The monoisotopic (exact) mass is 433 g/mol. The summed E-state index contributed by atoms with van der Waals surface area (Å²) in [5.74, 6) is 2.87. The molecule has 0 unspecified atom stereocenters. The Balaban J connectivity index is 1.41. The van der Waals surface area contributed by atoms with Gasteiger partial charge in [-0.15, -0.1) is 0 Å². The van der Waals surface area contributed by atoms with Gasteiger partial charge >= 0.3 is 0 Å². The second-order valence-corrected chi connectivity index (χ2v) is 8.57. The summed E-state index contributed by atoms with van der Waals surface area (Å²) in [6.45, 7) is 4.98. The highest BCUT2D eigenvalue weighted by Crippen LogP contribution is 2.33. The average molecular weight is 434 g/mol. The zero-order valence-electron chi connectivity index (χ0n) is 18.3. The quantitative estimate of drug-likeness (QED) is 0.542. The van der Waals surface area contributed by atoms with Crippen LogP contribution >= 0.6 is 0 Å². The number of fused-ring (bicyclic) bond motifs is 1. The highest BCUT2D eigenvalue weighted by Gasteiger charge is 2.34. The van der Waals surface area contributed by atoms with Gasteiger partial charge in [-0.05, 0) is 44.1 Å². The van der Waals surface area contributed by atoms with Crippen LogP contribution in [0, 0.1) is 0 Å². The van der Waals surface area contributed by atoms with Crippen LogP contribution in [0.2, 0.25) is 0 Å². The first-order chi connectivity index (χ1) is 15.6. The number of nitrogens with zero attached hydrogens (tertiary/aromatic N) is 6. The number of hydrogen-bond donors (Lipinski definition) is 3.